The van der Waals surface area contributed by atoms with E-state index in [0.29, 0.717) is 13.1 Å². The van der Waals surface area contributed by atoms with Crippen molar-refractivity contribution in [3.8, 4) is 5.75 Å². The molecule has 0 bridgehead atoms. The summed E-state index contributed by atoms with van der Waals surface area (Å²) in [4.78, 5) is 53.0. The van der Waals surface area contributed by atoms with Gasteiger partial charge in [0.15, 0.2) is 0 Å². The number of imide groups is 2. The van der Waals surface area contributed by atoms with Crippen LogP contribution in [0.5, 0.6) is 5.75 Å². The predicted octanol–water partition coefficient (Wildman–Crippen LogP) is 3.51. The number of amides is 4. The summed E-state index contributed by atoms with van der Waals surface area (Å²) in [6.45, 7) is 0.861. The highest BCUT2D eigenvalue weighted by Gasteiger charge is 2.46. The molecule has 200 valence electrons. The number of alkyl halides is 1. The average Bonchev–Trinajstić information content (AvgIpc) is 3.19. The molecular weight excluding hydrogens is 501 g/mol. The van der Waals surface area contributed by atoms with Gasteiger partial charge in [-0.05, 0) is 29.7 Å². The molecule has 2 aliphatic heterocycles. The van der Waals surface area contributed by atoms with Crippen LogP contribution in [0.3, 0.4) is 0 Å². The summed E-state index contributed by atoms with van der Waals surface area (Å²) in [6, 6.07) is 23.1. The lowest BCUT2D eigenvalue weighted by atomic mass is 10.0. The Kier molecular flexibility index (Phi) is 7.79. The summed E-state index contributed by atoms with van der Waals surface area (Å²) in [5, 5.41) is 2.17. The van der Waals surface area contributed by atoms with Crippen molar-refractivity contribution < 1.29 is 28.3 Å². The molecule has 1 fully saturated rings. The van der Waals surface area contributed by atoms with E-state index in [1.807, 2.05) is 65.6 Å². The van der Waals surface area contributed by atoms with Crippen molar-refractivity contribution in [2.24, 2.45) is 0 Å². The van der Waals surface area contributed by atoms with Crippen LogP contribution in [0.4, 0.5) is 4.39 Å². The van der Waals surface area contributed by atoms with Crippen molar-refractivity contribution in [1.82, 2.24) is 15.1 Å². The summed E-state index contributed by atoms with van der Waals surface area (Å²) in [7, 11) is 0. The quantitative estimate of drug-likeness (QED) is 0.404. The third-order valence-electron chi connectivity index (χ3n) is 6.80. The van der Waals surface area contributed by atoms with Crippen molar-refractivity contribution in [2.45, 2.75) is 38.1 Å². The Labute approximate surface area is 225 Å². The molecule has 1 N–H and O–H groups in total. The molecule has 3 aromatic rings. The fourth-order valence-corrected chi connectivity index (χ4v) is 4.99. The maximum atomic E-state index is 15.3. The lowest BCUT2D eigenvalue weighted by Crippen LogP contribution is -2.54. The number of nitrogens with one attached hydrogen (secondary N) is 1. The Balaban J connectivity index is 1.27. The first-order valence-corrected chi connectivity index (χ1v) is 12.8. The number of hydrogen-bond donors (Lipinski definition) is 1. The van der Waals surface area contributed by atoms with Gasteiger partial charge in [0.05, 0.1) is 11.1 Å². The van der Waals surface area contributed by atoms with E-state index in [2.05, 4.69) is 5.32 Å². The fraction of sp³-hybridized carbons (Fsp3) is 0.267. The van der Waals surface area contributed by atoms with Crippen LogP contribution in [0.2, 0.25) is 0 Å². The van der Waals surface area contributed by atoms with Gasteiger partial charge in [-0.3, -0.25) is 34.3 Å². The van der Waals surface area contributed by atoms with Crippen molar-refractivity contribution >= 4 is 23.6 Å². The predicted molar refractivity (Wildman–Crippen MR) is 141 cm³/mol. The van der Waals surface area contributed by atoms with Crippen LogP contribution in [-0.4, -0.2) is 58.8 Å². The maximum Gasteiger partial charge on any atom is 0.266 e. The number of benzene rings is 3. The van der Waals surface area contributed by atoms with Gasteiger partial charge in [0.2, 0.25) is 11.8 Å². The number of hydrogen-bond acceptors (Lipinski definition) is 6. The zero-order chi connectivity index (χ0) is 27.4. The second kappa shape index (κ2) is 11.6. The van der Waals surface area contributed by atoms with Crippen LogP contribution < -0.4 is 10.1 Å². The van der Waals surface area contributed by atoms with E-state index in [4.69, 9.17) is 4.74 Å². The van der Waals surface area contributed by atoms with Gasteiger partial charge in [-0.25, -0.2) is 4.39 Å². The van der Waals surface area contributed by atoms with E-state index in [9.17, 15) is 19.2 Å². The summed E-state index contributed by atoms with van der Waals surface area (Å²) in [5.74, 6) is -2.38. The maximum absolute atomic E-state index is 15.3. The van der Waals surface area contributed by atoms with Gasteiger partial charge in [0.1, 0.15) is 24.6 Å². The number of rotatable bonds is 10. The number of carbonyl (C=O) groups is 4. The number of nitrogens with zero attached hydrogens (tertiary/aromatic N) is 2. The summed E-state index contributed by atoms with van der Waals surface area (Å²) in [6.07, 6.45) is -1.30. The van der Waals surface area contributed by atoms with Crippen LogP contribution in [0.1, 0.15) is 44.7 Å². The van der Waals surface area contributed by atoms with Gasteiger partial charge in [-0.1, -0.05) is 66.7 Å². The molecule has 3 aromatic carbocycles. The first-order chi connectivity index (χ1) is 18.9. The summed E-state index contributed by atoms with van der Waals surface area (Å²) in [5.41, 5.74) is 2.21. The van der Waals surface area contributed by atoms with Crippen LogP contribution in [0.15, 0.2) is 78.9 Å². The van der Waals surface area contributed by atoms with Crippen LogP contribution in [0.25, 0.3) is 0 Å². The molecule has 0 aliphatic carbocycles. The molecule has 8 nitrogen and oxygen atoms in total. The van der Waals surface area contributed by atoms with Crippen LogP contribution in [-0.2, 0) is 22.7 Å². The molecule has 9 heteroatoms. The summed E-state index contributed by atoms with van der Waals surface area (Å²) >= 11 is 0. The van der Waals surface area contributed by atoms with Crippen molar-refractivity contribution in [3.05, 3.63) is 101 Å². The Morgan fingerprint density at radius 1 is 0.872 bits per heavy atom. The highest BCUT2D eigenvalue weighted by Crippen LogP contribution is 2.33. The molecule has 4 amide bonds. The van der Waals surface area contributed by atoms with E-state index in [0.717, 1.165) is 16.0 Å². The Hall–Kier alpha value is -4.37. The minimum absolute atomic E-state index is 0.00447. The van der Waals surface area contributed by atoms with Crippen molar-refractivity contribution in [1.29, 1.82) is 0 Å². The minimum atomic E-state index is -1.38. The van der Waals surface area contributed by atoms with Gasteiger partial charge in [-0.15, -0.1) is 0 Å². The Morgan fingerprint density at radius 2 is 1.51 bits per heavy atom. The zero-order valence-corrected chi connectivity index (χ0v) is 21.2. The minimum Gasteiger partial charge on any atom is -0.490 e. The van der Waals surface area contributed by atoms with Crippen molar-refractivity contribution in [3.63, 3.8) is 0 Å². The van der Waals surface area contributed by atoms with Gasteiger partial charge in [0, 0.05) is 26.1 Å². The lowest BCUT2D eigenvalue weighted by Gasteiger charge is -2.27. The molecule has 2 aliphatic rings. The fourth-order valence-electron chi connectivity index (χ4n) is 4.99. The molecule has 2 unspecified atom stereocenters. The largest absolute Gasteiger partial charge is 0.490 e. The topological polar surface area (TPSA) is 96.0 Å². The number of piperidine rings is 1. The third-order valence-corrected chi connectivity index (χ3v) is 6.80. The molecule has 2 atom stereocenters. The van der Waals surface area contributed by atoms with Gasteiger partial charge in [0.25, 0.3) is 11.8 Å². The molecule has 1 saturated heterocycles. The third kappa shape index (κ3) is 5.88. The summed E-state index contributed by atoms with van der Waals surface area (Å²) < 4.78 is 21.1. The highest BCUT2D eigenvalue weighted by atomic mass is 19.1. The molecule has 0 radical (unpaired) electrons. The number of fused-ring (bicyclic) bond motifs is 1. The Morgan fingerprint density at radius 3 is 2.13 bits per heavy atom. The van der Waals surface area contributed by atoms with E-state index < -0.39 is 35.8 Å². The smallest absolute Gasteiger partial charge is 0.266 e. The first-order valence-electron chi connectivity index (χ1n) is 12.8. The molecular formula is C30H28FN3O5. The number of ether oxygens (including phenoxy) is 1. The van der Waals surface area contributed by atoms with E-state index in [1.165, 1.54) is 12.1 Å². The van der Waals surface area contributed by atoms with E-state index in [1.54, 1.807) is 6.07 Å². The second-order valence-corrected chi connectivity index (χ2v) is 9.68. The van der Waals surface area contributed by atoms with Crippen LogP contribution in [0, 0.1) is 0 Å². The monoisotopic (exact) mass is 529 g/mol. The number of carbonyl (C=O) groups excluding carboxylic acids is 4. The van der Waals surface area contributed by atoms with Crippen LogP contribution >= 0.6 is 0 Å². The molecule has 39 heavy (non-hydrogen) atoms. The highest BCUT2D eigenvalue weighted by molar-refractivity contribution is 6.24. The Bertz CT molecular complexity index is 1340. The molecule has 0 spiro atoms. The number of halogens is 1. The second-order valence-electron chi connectivity index (χ2n) is 9.68. The molecule has 0 aromatic heterocycles. The van der Waals surface area contributed by atoms with E-state index >= 15 is 4.39 Å². The normalized spacial score (nSPS) is 17.8. The standard InChI is InChI=1S/C30H28FN3O5/c31-22(18-33(16-20-8-3-1-4-9-20)17-21-10-5-2-6-11-21)19-39-25-13-7-12-23-27(25)30(38)34(29(23)37)24-14-15-26(35)32-28(24)36/h1-13,22,24H,14-19H2,(H,32,35,36). The van der Waals surface area contributed by atoms with Gasteiger partial charge < -0.3 is 4.74 Å². The van der Waals surface area contributed by atoms with E-state index in [-0.39, 0.29) is 42.9 Å². The van der Waals surface area contributed by atoms with Crippen molar-refractivity contribution in [2.75, 3.05) is 13.2 Å². The molecule has 0 saturated carbocycles. The molecule has 2 heterocycles. The molecule has 5 rings (SSSR count). The zero-order valence-electron chi connectivity index (χ0n) is 21.2. The van der Waals surface area contributed by atoms with Gasteiger partial charge in [-0.2, -0.15) is 0 Å². The van der Waals surface area contributed by atoms with Gasteiger partial charge >= 0.3 is 0 Å². The first kappa shape index (κ1) is 26.2. The lowest BCUT2D eigenvalue weighted by molar-refractivity contribution is -0.136. The SMILES string of the molecule is O=C1CCC(N2C(=O)c3cccc(OCC(F)CN(Cc4ccccc4)Cc4ccccc4)c3C2=O)C(=O)N1. The average molecular weight is 530 g/mol.